The molecular formula is C15H17N3O3. The maximum absolute atomic E-state index is 12.3. The normalized spacial score (nSPS) is 11.9. The molecule has 0 spiro atoms. The van der Waals surface area contributed by atoms with Gasteiger partial charge in [-0.05, 0) is 18.6 Å². The summed E-state index contributed by atoms with van der Waals surface area (Å²) in [6, 6.07) is 8.56. The molecule has 1 heterocycles. The Morgan fingerprint density at radius 3 is 2.57 bits per heavy atom. The summed E-state index contributed by atoms with van der Waals surface area (Å²) in [6.45, 7) is 1.73. The van der Waals surface area contributed by atoms with Gasteiger partial charge < -0.3 is 10.0 Å². The van der Waals surface area contributed by atoms with Gasteiger partial charge in [-0.3, -0.25) is 4.79 Å². The van der Waals surface area contributed by atoms with E-state index in [4.69, 9.17) is 5.11 Å². The second kappa shape index (κ2) is 6.21. The number of carboxylic acids is 1. The summed E-state index contributed by atoms with van der Waals surface area (Å²) in [4.78, 5) is 24.7. The van der Waals surface area contributed by atoms with Crippen LogP contribution in [0.25, 0.3) is 5.69 Å². The maximum atomic E-state index is 12.3. The minimum absolute atomic E-state index is 0.352. The average Bonchev–Trinajstić information content (AvgIpc) is 2.97. The number of carbonyl (C=O) groups excluding carboxylic acids is 1. The predicted octanol–water partition coefficient (Wildman–Crippen LogP) is 1.81. The zero-order valence-corrected chi connectivity index (χ0v) is 11.9. The van der Waals surface area contributed by atoms with Crippen molar-refractivity contribution in [1.82, 2.24) is 14.7 Å². The third-order valence-electron chi connectivity index (χ3n) is 3.31. The van der Waals surface area contributed by atoms with Crippen molar-refractivity contribution in [2.75, 3.05) is 7.05 Å². The number of rotatable bonds is 5. The zero-order valence-electron chi connectivity index (χ0n) is 11.9. The molecule has 2 aromatic rings. The van der Waals surface area contributed by atoms with Gasteiger partial charge in [-0.2, -0.15) is 5.10 Å². The lowest BCUT2D eigenvalue weighted by atomic mass is 10.2. The van der Waals surface area contributed by atoms with Crippen molar-refractivity contribution < 1.29 is 14.7 Å². The van der Waals surface area contributed by atoms with E-state index in [-0.39, 0.29) is 5.91 Å². The van der Waals surface area contributed by atoms with Crippen LogP contribution in [-0.2, 0) is 4.79 Å². The molecule has 0 saturated carbocycles. The number of nitrogens with zero attached hydrogens (tertiary/aromatic N) is 3. The zero-order chi connectivity index (χ0) is 15.4. The van der Waals surface area contributed by atoms with Crippen molar-refractivity contribution in [3.8, 4) is 5.69 Å². The first-order valence-corrected chi connectivity index (χ1v) is 6.64. The van der Waals surface area contributed by atoms with E-state index in [1.807, 2.05) is 30.3 Å². The third-order valence-corrected chi connectivity index (χ3v) is 3.31. The molecule has 0 aliphatic rings. The fourth-order valence-corrected chi connectivity index (χ4v) is 2.11. The van der Waals surface area contributed by atoms with E-state index < -0.39 is 12.0 Å². The highest BCUT2D eigenvalue weighted by molar-refractivity contribution is 5.96. The molecule has 0 aliphatic heterocycles. The van der Waals surface area contributed by atoms with E-state index >= 15 is 0 Å². The van der Waals surface area contributed by atoms with Gasteiger partial charge in [-0.15, -0.1) is 0 Å². The van der Waals surface area contributed by atoms with E-state index in [1.54, 1.807) is 17.8 Å². The van der Waals surface area contributed by atoms with Crippen LogP contribution in [0.2, 0.25) is 0 Å². The molecule has 0 fully saturated rings. The summed E-state index contributed by atoms with van der Waals surface area (Å²) >= 11 is 0. The molecule has 0 aliphatic carbocycles. The van der Waals surface area contributed by atoms with Crippen molar-refractivity contribution in [3.63, 3.8) is 0 Å². The number of amides is 1. The van der Waals surface area contributed by atoms with Crippen LogP contribution in [-0.4, -0.2) is 44.8 Å². The van der Waals surface area contributed by atoms with E-state index in [2.05, 4.69) is 5.10 Å². The summed E-state index contributed by atoms with van der Waals surface area (Å²) in [7, 11) is 1.49. The van der Waals surface area contributed by atoms with Crippen LogP contribution < -0.4 is 0 Å². The van der Waals surface area contributed by atoms with Crippen LogP contribution >= 0.6 is 0 Å². The molecule has 1 atom stereocenters. The van der Waals surface area contributed by atoms with Gasteiger partial charge in [0.25, 0.3) is 5.91 Å². The number of para-hydroxylation sites is 1. The van der Waals surface area contributed by atoms with Crippen LogP contribution in [0, 0.1) is 0 Å². The number of likely N-dealkylation sites (N-methyl/N-ethyl adjacent to an activating group) is 1. The van der Waals surface area contributed by atoms with Crippen molar-refractivity contribution in [2.45, 2.75) is 19.4 Å². The predicted molar refractivity (Wildman–Crippen MR) is 77.4 cm³/mol. The molecule has 110 valence electrons. The van der Waals surface area contributed by atoms with E-state index in [9.17, 15) is 9.59 Å². The Labute approximate surface area is 122 Å². The van der Waals surface area contributed by atoms with Gasteiger partial charge in [-0.1, -0.05) is 25.1 Å². The van der Waals surface area contributed by atoms with Crippen LogP contribution in [0.4, 0.5) is 0 Å². The molecule has 6 heteroatoms. The minimum Gasteiger partial charge on any atom is -0.480 e. The fraction of sp³-hybridized carbons (Fsp3) is 0.267. The molecule has 1 amide bonds. The van der Waals surface area contributed by atoms with E-state index in [1.165, 1.54) is 18.1 Å². The van der Waals surface area contributed by atoms with Gasteiger partial charge in [0.05, 0.1) is 17.4 Å². The highest BCUT2D eigenvalue weighted by atomic mass is 16.4. The van der Waals surface area contributed by atoms with Crippen LogP contribution in [0.5, 0.6) is 0 Å². The molecule has 6 nitrogen and oxygen atoms in total. The molecule has 1 unspecified atom stereocenters. The second-order valence-corrected chi connectivity index (χ2v) is 4.69. The van der Waals surface area contributed by atoms with Gasteiger partial charge in [0, 0.05) is 13.2 Å². The first-order chi connectivity index (χ1) is 10.0. The average molecular weight is 287 g/mol. The van der Waals surface area contributed by atoms with Crippen LogP contribution in [0.15, 0.2) is 42.7 Å². The topological polar surface area (TPSA) is 75.4 Å². The molecule has 1 aromatic heterocycles. The van der Waals surface area contributed by atoms with Crippen LogP contribution in [0.3, 0.4) is 0 Å². The monoisotopic (exact) mass is 287 g/mol. The van der Waals surface area contributed by atoms with E-state index in [0.717, 1.165) is 5.69 Å². The van der Waals surface area contributed by atoms with Crippen LogP contribution in [0.1, 0.15) is 23.7 Å². The molecular weight excluding hydrogens is 270 g/mol. The number of hydrogen-bond acceptors (Lipinski definition) is 3. The number of benzene rings is 1. The summed E-state index contributed by atoms with van der Waals surface area (Å²) in [5.74, 6) is -1.37. The highest BCUT2D eigenvalue weighted by Crippen LogP contribution is 2.12. The molecule has 1 aromatic carbocycles. The first-order valence-electron chi connectivity index (χ1n) is 6.64. The quantitative estimate of drug-likeness (QED) is 0.910. The van der Waals surface area contributed by atoms with E-state index in [0.29, 0.717) is 12.0 Å². The lowest BCUT2D eigenvalue weighted by Crippen LogP contribution is -2.41. The number of aromatic nitrogens is 2. The summed E-state index contributed by atoms with van der Waals surface area (Å²) in [5, 5.41) is 13.2. The molecule has 2 rings (SSSR count). The minimum atomic E-state index is -1.01. The summed E-state index contributed by atoms with van der Waals surface area (Å²) in [6.07, 6.45) is 3.40. The Balaban J connectivity index is 2.21. The third kappa shape index (κ3) is 3.10. The number of aliphatic carboxylic acids is 1. The fourth-order valence-electron chi connectivity index (χ4n) is 2.11. The smallest absolute Gasteiger partial charge is 0.326 e. The first kappa shape index (κ1) is 14.8. The van der Waals surface area contributed by atoms with Gasteiger partial charge in [0.1, 0.15) is 6.04 Å². The Bertz CT molecular complexity index is 637. The lowest BCUT2D eigenvalue weighted by Gasteiger charge is -2.23. The standard InChI is InChI=1S/C15H17N3O3/c1-3-13(15(20)21)17(2)14(19)11-9-16-18(10-11)12-7-5-4-6-8-12/h4-10,13H,3H2,1-2H3,(H,20,21). The molecule has 21 heavy (non-hydrogen) atoms. The van der Waals surface area contributed by atoms with Crippen molar-refractivity contribution in [3.05, 3.63) is 48.3 Å². The largest absolute Gasteiger partial charge is 0.480 e. The lowest BCUT2D eigenvalue weighted by molar-refractivity contribution is -0.142. The van der Waals surface area contributed by atoms with Gasteiger partial charge in [0.15, 0.2) is 0 Å². The number of carboxylic acid groups (broad SMARTS) is 1. The molecule has 0 radical (unpaired) electrons. The van der Waals surface area contributed by atoms with Crippen molar-refractivity contribution >= 4 is 11.9 Å². The number of hydrogen-bond donors (Lipinski definition) is 1. The Morgan fingerprint density at radius 2 is 2.00 bits per heavy atom. The van der Waals surface area contributed by atoms with Gasteiger partial charge in [-0.25, -0.2) is 9.48 Å². The Kier molecular flexibility index (Phi) is 4.37. The second-order valence-electron chi connectivity index (χ2n) is 4.69. The number of carbonyl (C=O) groups is 2. The Morgan fingerprint density at radius 1 is 1.33 bits per heavy atom. The maximum Gasteiger partial charge on any atom is 0.326 e. The van der Waals surface area contributed by atoms with Gasteiger partial charge in [0.2, 0.25) is 0 Å². The molecule has 1 N–H and O–H groups in total. The highest BCUT2D eigenvalue weighted by Gasteiger charge is 2.26. The van der Waals surface area contributed by atoms with Crippen molar-refractivity contribution in [2.24, 2.45) is 0 Å². The van der Waals surface area contributed by atoms with Gasteiger partial charge >= 0.3 is 5.97 Å². The summed E-state index contributed by atoms with van der Waals surface area (Å²) in [5.41, 5.74) is 1.20. The summed E-state index contributed by atoms with van der Waals surface area (Å²) < 4.78 is 1.59. The molecule has 0 saturated heterocycles. The SMILES string of the molecule is CCC(C(=O)O)N(C)C(=O)c1cnn(-c2ccccc2)c1. The Hall–Kier alpha value is -2.63. The van der Waals surface area contributed by atoms with Crippen molar-refractivity contribution in [1.29, 1.82) is 0 Å². The molecule has 0 bridgehead atoms.